The maximum Gasteiger partial charge on any atom is 0.325 e. The Hall–Kier alpha value is -1.84. The molecule has 0 atom stereocenters. The van der Waals surface area contributed by atoms with Gasteiger partial charge in [0.2, 0.25) is 0 Å². The summed E-state index contributed by atoms with van der Waals surface area (Å²) in [5, 5.41) is 9.09. The fourth-order valence-electron chi connectivity index (χ4n) is 1.73. The monoisotopic (exact) mass is 352 g/mol. The van der Waals surface area contributed by atoms with Crippen molar-refractivity contribution in [3.8, 4) is 17.8 Å². The molecule has 0 radical (unpaired) electrons. The summed E-state index contributed by atoms with van der Waals surface area (Å²) in [6.45, 7) is 3.68. The van der Waals surface area contributed by atoms with E-state index in [1.807, 2.05) is 13.8 Å². The number of hydrogen-bond donors (Lipinski definition) is 1. The number of aromatic nitrogens is 2. The average molecular weight is 354 g/mol. The SMILES string of the molecule is Cc1cc(C#N)cc(C)c1Oc1nc(N)c(Br)c(Cl)n1. The molecule has 102 valence electrons. The van der Waals surface area contributed by atoms with E-state index in [2.05, 4.69) is 32.0 Å². The summed E-state index contributed by atoms with van der Waals surface area (Å²) in [6, 6.07) is 5.61. The van der Waals surface area contributed by atoms with Crippen LogP contribution in [0.5, 0.6) is 11.8 Å². The van der Waals surface area contributed by atoms with E-state index in [0.29, 0.717) is 15.8 Å². The Balaban J connectivity index is 2.43. The molecular formula is C13H10BrClN4O. The Morgan fingerprint density at radius 2 is 1.90 bits per heavy atom. The molecule has 2 N–H and O–H groups in total. The van der Waals surface area contributed by atoms with Gasteiger partial charge in [-0.25, -0.2) is 0 Å². The minimum absolute atomic E-state index is 0.0617. The number of nitrogens with zero attached hydrogens (tertiary/aromatic N) is 3. The van der Waals surface area contributed by atoms with Crippen LogP contribution in [0.1, 0.15) is 16.7 Å². The average Bonchev–Trinajstić information content (AvgIpc) is 2.39. The summed E-state index contributed by atoms with van der Waals surface area (Å²) in [6.07, 6.45) is 0. The smallest absolute Gasteiger partial charge is 0.325 e. The summed E-state index contributed by atoms with van der Waals surface area (Å²) >= 11 is 9.08. The number of benzene rings is 1. The number of nitrogens with two attached hydrogens (primary N) is 1. The topological polar surface area (TPSA) is 84.8 Å². The highest BCUT2D eigenvalue weighted by Gasteiger charge is 2.13. The zero-order chi connectivity index (χ0) is 14.9. The first-order valence-corrected chi connectivity index (χ1v) is 6.77. The van der Waals surface area contributed by atoms with Crippen LogP contribution < -0.4 is 10.5 Å². The van der Waals surface area contributed by atoms with Crippen molar-refractivity contribution >= 4 is 33.3 Å². The highest BCUT2D eigenvalue weighted by Crippen LogP contribution is 2.32. The van der Waals surface area contributed by atoms with Gasteiger partial charge in [0.05, 0.1) is 16.1 Å². The summed E-state index contributed by atoms with van der Waals surface area (Å²) in [5.41, 5.74) is 7.88. The van der Waals surface area contributed by atoms with Gasteiger partial charge >= 0.3 is 6.01 Å². The van der Waals surface area contributed by atoms with Crippen LogP contribution in [0.15, 0.2) is 16.6 Å². The number of nitrogen functional groups attached to an aromatic ring is 1. The van der Waals surface area contributed by atoms with Gasteiger partial charge in [-0.2, -0.15) is 15.2 Å². The van der Waals surface area contributed by atoms with Gasteiger partial charge in [0.15, 0.2) is 5.15 Å². The first-order valence-electron chi connectivity index (χ1n) is 5.60. The van der Waals surface area contributed by atoms with E-state index in [0.717, 1.165) is 11.1 Å². The number of rotatable bonds is 2. The molecular weight excluding hydrogens is 344 g/mol. The van der Waals surface area contributed by atoms with Crippen LogP contribution in [-0.2, 0) is 0 Å². The van der Waals surface area contributed by atoms with Gasteiger partial charge < -0.3 is 10.5 Å². The molecule has 0 aliphatic heterocycles. The quantitative estimate of drug-likeness (QED) is 0.831. The minimum atomic E-state index is 0.0617. The third kappa shape index (κ3) is 2.84. The first kappa shape index (κ1) is 14.6. The number of aryl methyl sites for hydroxylation is 2. The third-order valence-electron chi connectivity index (χ3n) is 2.60. The fraction of sp³-hybridized carbons (Fsp3) is 0.154. The predicted molar refractivity (Wildman–Crippen MR) is 79.9 cm³/mol. The summed E-state index contributed by atoms with van der Waals surface area (Å²) in [7, 11) is 0. The Labute approximate surface area is 129 Å². The molecule has 20 heavy (non-hydrogen) atoms. The molecule has 1 aromatic heterocycles. The van der Waals surface area contributed by atoms with Crippen LogP contribution >= 0.6 is 27.5 Å². The van der Waals surface area contributed by atoms with Crippen molar-refractivity contribution in [2.24, 2.45) is 0 Å². The minimum Gasteiger partial charge on any atom is -0.424 e. The van der Waals surface area contributed by atoms with Gasteiger partial charge in [0.25, 0.3) is 0 Å². The van der Waals surface area contributed by atoms with Crippen molar-refractivity contribution in [1.29, 1.82) is 5.26 Å². The van der Waals surface area contributed by atoms with E-state index >= 15 is 0 Å². The maximum atomic E-state index is 8.92. The second-order valence-electron chi connectivity index (χ2n) is 4.15. The Bertz CT molecular complexity index is 681. The number of halogens is 2. The zero-order valence-electron chi connectivity index (χ0n) is 10.7. The molecule has 0 saturated carbocycles. The zero-order valence-corrected chi connectivity index (χ0v) is 13.1. The highest BCUT2D eigenvalue weighted by atomic mass is 79.9. The van der Waals surface area contributed by atoms with Crippen molar-refractivity contribution in [3.05, 3.63) is 38.4 Å². The van der Waals surface area contributed by atoms with E-state index in [9.17, 15) is 0 Å². The third-order valence-corrected chi connectivity index (χ3v) is 3.88. The molecule has 0 saturated heterocycles. The largest absolute Gasteiger partial charge is 0.424 e. The Morgan fingerprint density at radius 1 is 1.30 bits per heavy atom. The van der Waals surface area contributed by atoms with Crippen LogP contribution in [0.25, 0.3) is 0 Å². The van der Waals surface area contributed by atoms with Crippen molar-refractivity contribution in [1.82, 2.24) is 9.97 Å². The molecule has 0 bridgehead atoms. The number of hydrogen-bond acceptors (Lipinski definition) is 5. The number of nitriles is 1. The molecule has 0 aliphatic carbocycles. The van der Waals surface area contributed by atoms with Crippen molar-refractivity contribution < 1.29 is 4.74 Å². The molecule has 0 aliphatic rings. The molecule has 1 aromatic carbocycles. The molecule has 5 nitrogen and oxygen atoms in total. The molecule has 0 fully saturated rings. The summed E-state index contributed by atoms with van der Waals surface area (Å²) in [5.74, 6) is 0.783. The molecule has 0 spiro atoms. The first-order chi connectivity index (χ1) is 9.42. The van der Waals surface area contributed by atoms with Crippen molar-refractivity contribution in [3.63, 3.8) is 0 Å². The second-order valence-corrected chi connectivity index (χ2v) is 5.30. The normalized spacial score (nSPS) is 10.2. The van der Waals surface area contributed by atoms with Crippen LogP contribution in [0.4, 0.5) is 5.82 Å². The van der Waals surface area contributed by atoms with Gasteiger partial charge in [0, 0.05) is 0 Å². The van der Waals surface area contributed by atoms with E-state index < -0.39 is 0 Å². The molecule has 7 heteroatoms. The van der Waals surface area contributed by atoms with Crippen LogP contribution in [0.2, 0.25) is 5.15 Å². The van der Waals surface area contributed by atoms with Crippen LogP contribution in [0.3, 0.4) is 0 Å². The lowest BCUT2D eigenvalue weighted by Crippen LogP contribution is -2.00. The molecule has 1 heterocycles. The standard InChI is InChI=1S/C13H10BrClN4O/c1-6-3-8(5-16)4-7(2)10(6)20-13-18-11(15)9(14)12(17)19-13/h3-4H,1-2H3,(H2,17,18,19). The van der Waals surface area contributed by atoms with E-state index in [1.54, 1.807) is 12.1 Å². The Kier molecular flexibility index (Phi) is 4.12. The number of ether oxygens (including phenoxy) is 1. The lowest BCUT2D eigenvalue weighted by molar-refractivity contribution is 0.436. The second kappa shape index (κ2) is 5.65. The van der Waals surface area contributed by atoms with Crippen molar-refractivity contribution in [2.45, 2.75) is 13.8 Å². The van der Waals surface area contributed by atoms with Crippen molar-refractivity contribution in [2.75, 3.05) is 5.73 Å². The Morgan fingerprint density at radius 3 is 2.40 bits per heavy atom. The van der Waals surface area contributed by atoms with Gasteiger partial charge in [-0.15, -0.1) is 0 Å². The highest BCUT2D eigenvalue weighted by molar-refractivity contribution is 9.10. The number of anilines is 1. The van der Waals surface area contributed by atoms with Gasteiger partial charge in [-0.05, 0) is 53.0 Å². The summed E-state index contributed by atoms with van der Waals surface area (Å²) in [4.78, 5) is 8.00. The lowest BCUT2D eigenvalue weighted by atomic mass is 10.1. The summed E-state index contributed by atoms with van der Waals surface area (Å²) < 4.78 is 6.07. The van der Waals surface area contributed by atoms with E-state index in [1.165, 1.54) is 0 Å². The molecule has 2 rings (SSSR count). The maximum absolute atomic E-state index is 8.92. The fourth-order valence-corrected chi connectivity index (χ4v) is 2.08. The van der Waals surface area contributed by atoms with Gasteiger partial charge in [-0.3, -0.25) is 0 Å². The van der Waals surface area contributed by atoms with E-state index in [4.69, 9.17) is 27.3 Å². The van der Waals surface area contributed by atoms with Crippen LogP contribution in [-0.4, -0.2) is 9.97 Å². The van der Waals surface area contributed by atoms with Gasteiger partial charge in [-0.1, -0.05) is 11.6 Å². The molecule has 0 amide bonds. The van der Waals surface area contributed by atoms with E-state index in [-0.39, 0.29) is 17.0 Å². The van der Waals surface area contributed by atoms with Crippen LogP contribution in [0, 0.1) is 25.2 Å². The molecule has 0 unspecified atom stereocenters. The lowest BCUT2D eigenvalue weighted by Gasteiger charge is -2.11. The molecule has 2 aromatic rings. The predicted octanol–water partition coefficient (Wildman–Crippen LogP) is 3.76. The van der Waals surface area contributed by atoms with Gasteiger partial charge in [0.1, 0.15) is 11.6 Å².